The van der Waals surface area contributed by atoms with Gasteiger partial charge in [0.25, 0.3) is 0 Å². The quantitative estimate of drug-likeness (QED) is 0.763. The molecule has 0 aliphatic carbocycles. The van der Waals surface area contributed by atoms with Crippen molar-refractivity contribution < 1.29 is 22.8 Å². The van der Waals surface area contributed by atoms with Crippen molar-refractivity contribution in [2.75, 3.05) is 24.5 Å². The molecule has 1 N–H and O–H groups in total. The van der Waals surface area contributed by atoms with E-state index in [0.29, 0.717) is 36.0 Å². The summed E-state index contributed by atoms with van der Waals surface area (Å²) in [6.45, 7) is 4.90. The van der Waals surface area contributed by atoms with Crippen LogP contribution in [0.3, 0.4) is 0 Å². The van der Waals surface area contributed by atoms with E-state index < -0.39 is 17.8 Å². The van der Waals surface area contributed by atoms with E-state index in [2.05, 4.69) is 10.3 Å². The fourth-order valence-electron chi connectivity index (χ4n) is 3.23. The number of hydrogen-bond acceptors (Lipinski definition) is 4. The minimum atomic E-state index is -4.43. The molecular formula is C19H21F3N4O2S. The number of carbonyl (C=O) groups is 2. The van der Waals surface area contributed by atoms with Gasteiger partial charge in [-0.3, -0.25) is 9.69 Å². The maximum absolute atomic E-state index is 13.0. The van der Waals surface area contributed by atoms with E-state index in [4.69, 9.17) is 0 Å². The molecule has 1 aromatic carbocycles. The number of thiazole rings is 1. The normalized spacial score (nSPS) is 15.3. The molecule has 1 atom stereocenters. The van der Waals surface area contributed by atoms with Gasteiger partial charge in [0.15, 0.2) is 5.13 Å². The largest absolute Gasteiger partial charge is 0.416 e. The minimum absolute atomic E-state index is 0.0170. The van der Waals surface area contributed by atoms with E-state index in [0.717, 1.165) is 12.1 Å². The van der Waals surface area contributed by atoms with E-state index in [-0.39, 0.29) is 18.4 Å². The Labute approximate surface area is 170 Å². The molecule has 0 radical (unpaired) electrons. The first-order valence-corrected chi connectivity index (χ1v) is 10.0. The first-order valence-electron chi connectivity index (χ1n) is 9.17. The summed E-state index contributed by atoms with van der Waals surface area (Å²) in [5.41, 5.74) is 0.213. The predicted octanol–water partition coefficient (Wildman–Crippen LogP) is 3.84. The number of carbonyl (C=O) groups excluding carboxylic acids is 2. The molecule has 1 aliphatic rings. The minimum Gasteiger partial charge on any atom is -0.336 e. The number of benzene rings is 1. The molecule has 0 bridgehead atoms. The molecule has 29 heavy (non-hydrogen) atoms. The number of hydrogen-bond donors (Lipinski definition) is 1. The summed E-state index contributed by atoms with van der Waals surface area (Å²) < 4.78 is 39.0. The van der Waals surface area contributed by atoms with Crippen LogP contribution in [0.5, 0.6) is 0 Å². The standard InChI is InChI=1S/C19H21F3N4O2S/c1-3-25(12(2)13-5-4-6-14(9-13)19(20,21)22)16(27)10-15-11-29-18(24-15)26-8-7-23-17(26)28/h4-6,9,11-12H,3,7-8,10H2,1-2H3,(H,23,28). The second-order valence-corrected chi connectivity index (χ2v) is 7.50. The molecule has 10 heteroatoms. The zero-order valence-electron chi connectivity index (χ0n) is 16.0. The molecule has 1 unspecified atom stereocenters. The Morgan fingerprint density at radius 2 is 2.17 bits per heavy atom. The van der Waals surface area contributed by atoms with Crippen molar-refractivity contribution in [3.63, 3.8) is 0 Å². The highest BCUT2D eigenvalue weighted by atomic mass is 32.1. The molecule has 2 aromatic rings. The zero-order chi connectivity index (χ0) is 21.2. The third-order valence-electron chi connectivity index (χ3n) is 4.78. The number of nitrogens with one attached hydrogen (secondary N) is 1. The van der Waals surface area contributed by atoms with E-state index in [1.54, 1.807) is 25.3 Å². The zero-order valence-corrected chi connectivity index (χ0v) is 16.8. The van der Waals surface area contributed by atoms with Gasteiger partial charge in [-0.2, -0.15) is 13.2 Å². The van der Waals surface area contributed by atoms with E-state index >= 15 is 0 Å². The summed E-state index contributed by atoms with van der Waals surface area (Å²) in [5.74, 6) is -0.236. The molecule has 1 saturated heterocycles. The molecule has 1 fully saturated rings. The van der Waals surface area contributed by atoms with Crippen LogP contribution in [-0.2, 0) is 17.4 Å². The summed E-state index contributed by atoms with van der Waals surface area (Å²) in [7, 11) is 0. The second-order valence-electron chi connectivity index (χ2n) is 6.66. The maximum atomic E-state index is 13.0. The van der Waals surface area contributed by atoms with Crippen molar-refractivity contribution in [1.29, 1.82) is 0 Å². The molecule has 0 saturated carbocycles. The number of aromatic nitrogens is 1. The molecule has 0 spiro atoms. The van der Waals surface area contributed by atoms with Gasteiger partial charge in [0.2, 0.25) is 5.91 Å². The smallest absolute Gasteiger partial charge is 0.336 e. The van der Waals surface area contributed by atoms with Crippen LogP contribution in [0.15, 0.2) is 29.6 Å². The number of alkyl halides is 3. The molecule has 3 rings (SSSR count). The van der Waals surface area contributed by atoms with Gasteiger partial charge in [0.1, 0.15) is 0 Å². The number of halogens is 3. The van der Waals surface area contributed by atoms with Gasteiger partial charge >= 0.3 is 12.2 Å². The number of likely N-dealkylation sites (N-methyl/N-ethyl adjacent to an activating group) is 1. The Bertz CT molecular complexity index is 900. The lowest BCUT2D eigenvalue weighted by atomic mass is 10.0. The highest BCUT2D eigenvalue weighted by Crippen LogP contribution is 2.32. The van der Waals surface area contributed by atoms with Gasteiger partial charge < -0.3 is 10.2 Å². The lowest BCUT2D eigenvalue weighted by Gasteiger charge is -2.28. The Kier molecular flexibility index (Phi) is 6.11. The molecule has 1 aromatic heterocycles. The van der Waals surface area contributed by atoms with Gasteiger partial charge in [-0.25, -0.2) is 9.78 Å². The summed E-state index contributed by atoms with van der Waals surface area (Å²) in [5, 5.41) is 4.94. The SMILES string of the molecule is CCN(C(=O)Cc1csc(N2CCNC2=O)n1)C(C)c1cccc(C(F)(F)F)c1. The van der Waals surface area contributed by atoms with Crippen molar-refractivity contribution >= 4 is 28.4 Å². The Morgan fingerprint density at radius 1 is 1.41 bits per heavy atom. The van der Waals surface area contributed by atoms with Gasteiger partial charge in [-0.15, -0.1) is 11.3 Å². The lowest BCUT2D eigenvalue weighted by Crippen LogP contribution is -2.34. The van der Waals surface area contributed by atoms with E-state index in [1.807, 2.05) is 0 Å². The number of amides is 3. The average Bonchev–Trinajstić information content (AvgIpc) is 3.30. The van der Waals surface area contributed by atoms with Gasteiger partial charge in [0, 0.05) is 25.0 Å². The van der Waals surface area contributed by atoms with Crippen LogP contribution in [0.4, 0.5) is 23.1 Å². The number of rotatable bonds is 6. The monoisotopic (exact) mass is 426 g/mol. The number of nitrogens with zero attached hydrogens (tertiary/aromatic N) is 3. The Balaban J connectivity index is 1.72. The van der Waals surface area contributed by atoms with E-state index in [1.165, 1.54) is 27.2 Å². The summed E-state index contributed by atoms with van der Waals surface area (Å²) >= 11 is 1.28. The summed E-state index contributed by atoms with van der Waals surface area (Å²) in [6.07, 6.45) is -4.42. The molecular weight excluding hydrogens is 405 g/mol. The topological polar surface area (TPSA) is 65.5 Å². The van der Waals surface area contributed by atoms with Gasteiger partial charge in [0.05, 0.1) is 23.7 Å². The van der Waals surface area contributed by atoms with E-state index in [9.17, 15) is 22.8 Å². The number of urea groups is 1. The first kappa shape index (κ1) is 21.1. The highest BCUT2D eigenvalue weighted by Gasteiger charge is 2.31. The lowest BCUT2D eigenvalue weighted by molar-refractivity contribution is -0.137. The fraction of sp³-hybridized carbons (Fsp3) is 0.421. The molecule has 2 heterocycles. The van der Waals surface area contributed by atoms with Crippen LogP contribution in [0.1, 0.15) is 36.7 Å². The van der Waals surface area contributed by atoms with Crippen LogP contribution < -0.4 is 10.2 Å². The van der Waals surface area contributed by atoms with Gasteiger partial charge in [-0.1, -0.05) is 12.1 Å². The Morgan fingerprint density at radius 3 is 2.79 bits per heavy atom. The fourth-order valence-corrected chi connectivity index (χ4v) is 4.08. The number of anilines is 1. The molecule has 156 valence electrons. The van der Waals surface area contributed by atoms with Crippen LogP contribution in [0.2, 0.25) is 0 Å². The third-order valence-corrected chi connectivity index (χ3v) is 5.70. The van der Waals surface area contributed by atoms with Crippen molar-refractivity contribution in [2.24, 2.45) is 0 Å². The van der Waals surface area contributed by atoms with Crippen LogP contribution in [0, 0.1) is 0 Å². The van der Waals surface area contributed by atoms with Crippen molar-refractivity contribution in [1.82, 2.24) is 15.2 Å². The molecule has 1 aliphatic heterocycles. The maximum Gasteiger partial charge on any atom is 0.416 e. The third kappa shape index (κ3) is 4.69. The van der Waals surface area contributed by atoms with Crippen LogP contribution in [0.25, 0.3) is 0 Å². The van der Waals surface area contributed by atoms with Gasteiger partial charge in [-0.05, 0) is 31.5 Å². The van der Waals surface area contributed by atoms with Crippen molar-refractivity contribution in [2.45, 2.75) is 32.5 Å². The van der Waals surface area contributed by atoms with Crippen molar-refractivity contribution in [3.8, 4) is 0 Å². The van der Waals surface area contributed by atoms with Crippen LogP contribution in [-0.4, -0.2) is 41.5 Å². The predicted molar refractivity (Wildman–Crippen MR) is 104 cm³/mol. The van der Waals surface area contributed by atoms with Crippen LogP contribution >= 0.6 is 11.3 Å². The summed E-state index contributed by atoms with van der Waals surface area (Å²) in [4.78, 5) is 31.9. The molecule has 3 amide bonds. The van der Waals surface area contributed by atoms with Crippen molar-refractivity contribution in [3.05, 3.63) is 46.5 Å². The average molecular weight is 426 g/mol. The highest BCUT2D eigenvalue weighted by molar-refractivity contribution is 7.14. The second kappa shape index (κ2) is 8.40. The Hall–Kier alpha value is -2.62. The first-order chi connectivity index (χ1) is 13.7. The summed E-state index contributed by atoms with van der Waals surface area (Å²) in [6, 6.07) is 4.29. The molecule has 6 nitrogen and oxygen atoms in total.